The fourth-order valence-electron chi connectivity index (χ4n) is 7.21. The molecule has 7 rings (SSSR count). The summed E-state index contributed by atoms with van der Waals surface area (Å²) in [7, 11) is 1.42. The molecule has 2 atom stereocenters. The number of aliphatic hydroxyl groups excluding tert-OH is 1. The van der Waals surface area contributed by atoms with Gasteiger partial charge < -0.3 is 15.2 Å². The Morgan fingerprint density at radius 1 is 1.00 bits per heavy atom. The van der Waals surface area contributed by atoms with Gasteiger partial charge in [0.1, 0.15) is 5.76 Å². The van der Waals surface area contributed by atoms with Gasteiger partial charge in [0.2, 0.25) is 0 Å². The Labute approximate surface area is 275 Å². The Morgan fingerprint density at radius 3 is 2.49 bits per heavy atom. The molecule has 0 aromatic carbocycles. The number of rotatable bonds is 4. The third-order valence-electron chi connectivity index (χ3n) is 9.95. The van der Waals surface area contributed by atoms with Crippen molar-refractivity contribution in [3.05, 3.63) is 122 Å². The molecular weight excluding hydrogens is 586 g/mol. The fourth-order valence-corrected chi connectivity index (χ4v) is 7.21. The van der Waals surface area contributed by atoms with Crippen LogP contribution in [-0.4, -0.2) is 40.3 Å². The van der Waals surface area contributed by atoms with Gasteiger partial charge in [-0.2, -0.15) is 0 Å². The lowest BCUT2D eigenvalue weighted by atomic mass is 9.86. The fraction of sp³-hybridized carbons (Fsp3) is 0.308. The molecule has 1 aliphatic carbocycles. The maximum absolute atomic E-state index is 12.3. The predicted octanol–water partition coefficient (Wildman–Crippen LogP) is 7.06. The summed E-state index contributed by atoms with van der Waals surface area (Å²) in [5.74, 6) is 6.83. The summed E-state index contributed by atoms with van der Waals surface area (Å²) >= 11 is 0. The van der Waals surface area contributed by atoms with Crippen molar-refractivity contribution >= 4 is 23.1 Å². The van der Waals surface area contributed by atoms with E-state index >= 15 is 0 Å². The van der Waals surface area contributed by atoms with Gasteiger partial charge in [-0.15, -0.1) is 0 Å². The number of nitrogens with one attached hydrogen (secondary N) is 1. The molecule has 1 fully saturated rings. The molecule has 8 heteroatoms. The topological polar surface area (TPSA) is 109 Å². The van der Waals surface area contributed by atoms with E-state index in [0.29, 0.717) is 18.6 Å². The molecule has 236 valence electrons. The number of ether oxygens (including phenoxy) is 1. The van der Waals surface area contributed by atoms with Crippen molar-refractivity contribution in [1.82, 2.24) is 10.3 Å². The summed E-state index contributed by atoms with van der Waals surface area (Å²) in [5.41, 5.74) is 14.6. The van der Waals surface area contributed by atoms with E-state index in [1.54, 1.807) is 12.4 Å². The van der Waals surface area contributed by atoms with E-state index in [0.717, 1.165) is 96.6 Å². The molecule has 6 heterocycles. The van der Waals surface area contributed by atoms with Crippen LogP contribution in [0.5, 0.6) is 0 Å². The monoisotopic (exact) mass is 623 g/mol. The van der Waals surface area contributed by atoms with E-state index in [4.69, 9.17) is 19.7 Å². The summed E-state index contributed by atoms with van der Waals surface area (Å²) in [6.07, 6.45) is 11.8. The zero-order chi connectivity index (χ0) is 33.0. The number of carbonyl (C=O) groups is 1. The van der Waals surface area contributed by atoms with Crippen molar-refractivity contribution in [3.63, 3.8) is 0 Å². The number of esters is 1. The number of carbonyl (C=O) groups excluding carboxylic acids is 1. The minimum Gasteiger partial charge on any atom is -0.511 e. The second-order valence-corrected chi connectivity index (χ2v) is 12.6. The first-order valence-electron chi connectivity index (χ1n) is 16.1. The number of hydrogen-bond donors (Lipinski definition) is 2. The lowest BCUT2D eigenvalue weighted by Crippen LogP contribution is -2.16. The van der Waals surface area contributed by atoms with Gasteiger partial charge in [0.05, 0.1) is 46.9 Å². The van der Waals surface area contributed by atoms with Crippen LogP contribution in [0.4, 0.5) is 0 Å². The van der Waals surface area contributed by atoms with Crippen molar-refractivity contribution < 1.29 is 14.6 Å². The molecule has 0 spiro atoms. The second-order valence-electron chi connectivity index (χ2n) is 12.6. The van der Waals surface area contributed by atoms with Crippen LogP contribution in [0.15, 0.2) is 131 Å². The number of fused-ring (bicyclic) bond motifs is 5. The molecule has 8 nitrogen and oxygen atoms in total. The number of nitrogens with zero attached hydrogens (tertiary/aromatic N) is 4. The Morgan fingerprint density at radius 2 is 1.74 bits per heavy atom. The van der Waals surface area contributed by atoms with E-state index in [2.05, 4.69) is 55.9 Å². The van der Waals surface area contributed by atoms with Crippen LogP contribution in [0, 0.1) is 23.7 Å². The molecule has 47 heavy (non-hydrogen) atoms. The van der Waals surface area contributed by atoms with Crippen molar-refractivity contribution in [1.29, 1.82) is 0 Å². The van der Waals surface area contributed by atoms with Crippen LogP contribution in [0.25, 0.3) is 0 Å². The third kappa shape index (κ3) is 5.16. The Kier molecular flexibility index (Phi) is 7.63. The molecule has 1 aromatic rings. The summed E-state index contributed by atoms with van der Waals surface area (Å²) in [5, 5.41) is 15.0. The van der Waals surface area contributed by atoms with Gasteiger partial charge in [-0.3, -0.25) is 9.78 Å². The van der Waals surface area contributed by atoms with Gasteiger partial charge in [0.15, 0.2) is 0 Å². The molecule has 6 aliphatic rings. The molecular formula is C39H37N5O3. The highest BCUT2D eigenvalue weighted by molar-refractivity contribution is 6.21. The summed E-state index contributed by atoms with van der Waals surface area (Å²) < 4.78 is 5.00. The summed E-state index contributed by atoms with van der Waals surface area (Å²) in [6, 6.07) is 3.79. The number of aromatic nitrogens is 1. The molecule has 0 amide bonds. The lowest BCUT2D eigenvalue weighted by molar-refractivity contribution is -0.140. The number of aliphatic imine (C=N–C) groups is 3. The Hall–Kier alpha value is -5.29. The normalized spacial score (nSPS) is 22.9. The highest BCUT2D eigenvalue weighted by Gasteiger charge is 2.41. The first kappa shape index (κ1) is 30.4. The zero-order valence-electron chi connectivity index (χ0n) is 27.6. The predicted molar refractivity (Wildman–Crippen MR) is 184 cm³/mol. The first-order valence-corrected chi connectivity index (χ1v) is 16.1. The van der Waals surface area contributed by atoms with Crippen molar-refractivity contribution in [3.8, 4) is 11.8 Å². The first-order chi connectivity index (χ1) is 22.7. The van der Waals surface area contributed by atoms with E-state index in [1.807, 2.05) is 31.2 Å². The van der Waals surface area contributed by atoms with Gasteiger partial charge in [-0.1, -0.05) is 25.7 Å². The molecule has 1 aromatic heterocycles. The SMILES string of the molecule is CCC1=C(C)C2=NC1=CC1=C(C)C3=C(O)CC(=C4NC(=CC5=NC(=C2)C(C#Cc2ccncc2)=C5C)[C@@H](C)[C@@H]4CCC(=O)OC)C3=N1. The maximum atomic E-state index is 12.3. The number of pyridine rings is 1. The molecule has 8 bridgehead atoms. The van der Waals surface area contributed by atoms with Crippen LogP contribution < -0.4 is 5.32 Å². The van der Waals surface area contributed by atoms with E-state index < -0.39 is 0 Å². The minimum atomic E-state index is -0.243. The lowest BCUT2D eigenvalue weighted by Gasteiger charge is -2.17. The largest absolute Gasteiger partial charge is 0.511 e. The van der Waals surface area contributed by atoms with Crippen molar-refractivity contribution in [2.75, 3.05) is 7.11 Å². The van der Waals surface area contributed by atoms with Crippen LogP contribution in [-0.2, 0) is 9.53 Å². The Balaban J connectivity index is 1.45. The smallest absolute Gasteiger partial charge is 0.305 e. The number of aliphatic hydroxyl groups is 1. The molecule has 1 saturated heterocycles. The average molecular weight is 624 g/mol. The molecule has 0 unspecified atom stereocenters. The second kappa shape index (κ2) is 11.8. The van der Waals surface area contributed by atoms with Crippen molar-refractivity contribution in [2.24, 2.45) is 26.8 Å². The molecule has 0 saturated carbocycles. The van der Waals surface area contributed by atoms with Crippen LogP contribution in [0.3, 0.4) is 0 Å². The molecule has 0 radical (unpaired) electrons. The average Bonchev–Trinajstić information content (AvgIpc) is 3.82. The number of methoxy groups -OCH3 is 1. The third-order valence-corrected chi connectivity index (χ3v) is 9.95. The van der Waals surface area contributed by atoms with Gasteiger partial charge in [-0.25, -0.2) is 15.0 Å². The number of hydrogen-bond acceptors (Lipinski definition) is 8. The summed E-state index contributed by atoms with van der Waals surface area (Å²) in [6.45, 7) is 10.5. The van der Waals surface area contributed by atoms with Crippen LogP contribution in [0.2, 0.25) is 0 Å². The van der Waals surface area contributed by atoms with Gasteiger partial charge in [0.25, 0.3) is 0 Å². The van der Waals surface area contributed by atoms with Crippen LogP contribution in [0.1, 0.15) is 65.9 Å². The molecule has 5 aliphatic heterocycles. The van der Waals surface area contributed by atoms with Gasteiger partial charge in [-0.05, 0) is 86.3 Å². The zero-order valence-corrected chi connectivity index (χ0v) is 27.6. The van der Waals surface area contributed by atoms with Gasteiger partial charge in [0, 0.05) is 65.2 Å². The Bertz CT molecular complexity index is 2060. The molecule has 2 N–H and O–H groups in total. The number of allylic oxidation sites excluding steroid dienone is 12. The highest BCUT2D eigenvalue weighted by atomic mass is 16.5. The van der Waals surface area contributed by atoms with E-state index in [-0.39, 0.29) is 24.2 Å². The summed E-state index contributed by atoms with van der Waals surface area (Å²) in [4.78, 5) is 31.8. The maximum Gasteiger partial charge on any atom is 0.305 e. The quantitative estimate of drug-likeness (QED) is 0.276. The van der Waals surface area contributed by atoms with Crippen LogP contribution >= 0.6 is 0 Å². The van der Waals surface area contributed by atoms with E-state index in [1.165, 1.54) is 7.11 Å². The van der Waals surface area contributed by atoms with Crippen molar-refractivity contribution in [2.45, 2.75) is 60.3 Å². The van der Waals surface area contributed by atoms with E-state index in [9.17, 15) is 9.90 Å². The van der Waals surface area contributed by atoms with Gasteiger partial charge >= 0.3 is 5.97 Å². The minimum absolute atomic E-state index is 0.00491. The highest BCUT2D eigenvalue weighted by Crippen LogP contribution is 2.46. The standard InChI is InChI=1S/C39H37N5O3/c1-7-25-20(2)30-18-34-26(9-8-24-12-14-40-15-13-24)21(3)29(42-34)17-31-22(4)27(10-11-36(46)47-6)38(43-31)28-16-35(45)37-23(5)32(44-39(28)37)19-33(25)41-30/h12-15,17-19,22,27,43,45H,7,10-11,16H2,1-6H3/t22-,27-/m0/s1.